The molecule has 1 heterocycles. The maximum atomic E-state index is 12.2. The second-order valence-electron chi connectivity index (χ2n) is 4.34. The number of ketones is 1. The predicted molar refractivity (Wildman–Crippen MR) is 81.0 cm³/mol. The smallest absolute Gasteiger partial charge is 0.203 e. The number of thiophene rings is 1. The average molecular weight is 344 g/mol. The van der Waals surface area contributed by atoms with Gasteiger partial charge < -0.3 is 0 Å². The van der Waals surface area contributed by atoms with E-state index < -0.39 is 0 Å². The topological polar surface area (TPSA) is 17.1 Å². The maximum Gasteiger partial charge on any atom is 0.203 e. The molecule has 0 saturated heterocycles. The zero-order chi connectivity index (χ0) is 13.3. The molecule has 0 spiro atoms. The molecule has 0 fully saturated rings. The summed E-state index contributed by atoms with van der Waals surface area (Å²) in [5.41, 5.74) is 1.93. The molecule has 0 saturated carbocycles. The van der Waals surface area contributed by atoms with Crippen molar-refractivity contribution in [2.75, 3.05) is 0 Å². The second-order valence-corrected chi connectivity index (χ2v) is 6.85. The van der Waals surface area contributed by atoms with Gasteiger partial charge in [0, 0.05) is 10.0 Å². The number of carbonyl (C=O) groups excluding carboxylic acids is 1. The Labute approximate surface area is 124 Å². The van der Waals surface area contributed by atoms with Crippen LogP contribution in [-0.2, 0) is 0 Å². The summed E-state index contributed by atoms with van der Waals surface area (Å²) in [5, 5.41) is 0. The number of hydrogen-bond donors (Lipinski definition) is 0. The maximum absolute atomic E-state index is 12.2. The van der Waals surface area contributed by atoms with Crippen molar-refractivity contribution in [1.82, 2.24) is 0 Å². The van der Waals surface area contributed by atoms with Crippen molar-refractivity contribution < 1.29 is 4.79 Å². The van der Waals surface area contributed by atoms with Crippen molar-refractivity contribution in [1.29, 1.82) is 0 Å². The third-order valence-electron chi connectivity index (χ3n) is 2.71. The summed E-state index contributed by atoms with van der Waals surface area (Å²) >= 11 is 10.6. The van der Waals surface area contributed by atoms with Crippen molar-refractivity contribution in [3.63, 3.8) is 0 Å². The van der Waals surface area contributed by atoms with Crippen LogP contribution in [0.4, 0.5) is 0 Å². The standard InChI is InChI=1S/C14H12BrClOS/c1-8(2)9-3-5-10(6-4-9)13(17)12-7-11(15)14(16)18-12/h3-8H,1-2H3. The van der Waals surface area contributed by atoms with Gasteiger partial charge in [-0.1, -0.05) is 49.7 Å². The minimum absolute atomic E-state index is 0.0166. The molecule has 0 atom stereocenters. The molecular formula is C14H12BrClOS. The Balaban J connectivity index is 2.28. The fourth-order valence-electron chi connectivity index (χ4n) is 1.62. The van der Waals surface area contributed by atoms with Crippen LogP contribution in [0.25, 0.3) is 0 Å². The van der Waals surface area contributed by atoms with Gasteiger partial charge in [0.05, 0.1) is 4.88 Å². The highest BCUT2D eigenvalue weighted by Gasteiger charge is 2.14. The van der Waals surface area contributed by atoms with Crippen LogP contribution in [0.1, 0.15) is 40.6 Å². The third kappa shape index (κ3) is 2.85. The first-order chi connectivity index (χ1) is 8.49. The van der Waals surface area contributed by atoms with Gasteiger partial charge in [0.2, 0.25) is 5.78 Å². The van der Waals surface area contributed by atoms with Gasteiger partial charge in [0.25, 0.3) is 0 Å². The molecule has 0 aliphatic rings. The van der Waals surface area contributed by atoms with Crippen molar-refractivity contribution in [2.45, 2.75) is 19.8 Å². The van der Waals surface area contributed by atoms with Crippen LogP contribution >= 0.6 is 38.9 Å². The number of hydrogen-bond acceptors (Lipinski definition) is 2. The molecular weight excluding hydrogens is 332 g/mol. The van der Waals surface area contributed by atoms with E-state index >= 15 is 0 Å². The quantitative estimate of drug-likeness (QED) is 0.671. The Morgan fingerprint density at radius 3 is 2.33 bits per heavy atom. The molecule has 2 aromatic rings. The van der Waals surface area contributed by atoms with Crippen LogP contribution in [-0.4, -0.2) is 5.78 Å². The van der Waals surface area contributed by atoms with E-state index in [1.807, 2.05) is 24.3 Å². The van der Waals surface area contributed by atoms with Crippen molar-refractivity contribution in [3.05, 3.63) is 55.1 Å². The Kier molecular flexibility index (Phi) is 4.25. The molecule has 18 heavy (non-hydrogen) atoms. The average Bonchev–Trinajstić information content (AvgIpc) is 2.69. The lowest BCUT2D eigenvalue weighted by atomic mass is 10.0. The van der Waals surface area contributed by atoms with Crippen LogP contribution < -0.4 is 0 Å². The summed E-state index contributed by atoms with van der Waals surface area (Å²) in [6.45, 7) is 4.26. The Morgan fingerprint density at radius 2 is 1.89 bits per heavy atom. The van der Waals surface area contributed by atoms with E-state index in [-0.39, 0.29) is 5.78 Å². The first-order valence-electron chi connectivity index (χ1n) is 5.58. The highest BCUT2D eigenvalue weighted by atomic mass is 79.9. The van der Waals surface area contributed by atoms with E-state index in [1.54, 1.807) is 6.07 Å². The Hall–Kier alpha value is -0.640. The van der Waals surface area contributed by atoms with E-state index in [0.717, 1.165) is 4.47 Å². The molecule has 0 N–H and O–H groups in total. The zero-order valence-electron chi connectivity index (χ0n) is 10.0. The molecule has 0 aliphatic carbocycles. The highest BCUT2D eigenvalue weighted by Crippen LogP contribution is 2.33. The fraction of sp³-hybridized carbons (Fsp3) is 0.214. The number of rotatable bonds is 3. The number of benzene rings is 1. The molecule has 0 amide bonds. The summed E-state index contributed by atoms with van der Waals surface area (Å²) in [4.78, 5) is 12.9. The van der Waals surface area contributed by atoms with E-state index in [9.17, 15) is 4.79 Å². The van der Waals surface area contributed by atoms with Gasteiger partial charge in [-0.15, -0.1) is 11.3 Å². The van der Waals surface area contributed by atoms with Crippen LogP contribution in [0.2, 0.25) is 4.34 Å². The highest BCUT2D eigenvalue weighted by molar-refractivity contribution is 9.10. The molecule has 0 bridgehead atoms. The van der Waals surface area contributed by atoms with Gasteiger partial charge in [0.1, 0.15) is 4.34 Å². The number of halogens is 2. The Morgan fingerprint density at radius 1 is 1.28 bits per heavy atom. The summed E-state index contributed by atoms with van der Waals surface area (Å²) in [7, 11) is 0. The molecule has 0 unspecified atom stereocenters. The Bertz CT molecular complexity index is 552. The lowest BCUT2D eigenvalue weighted by Crippen LogP contribution is -1.99. The van der Waals surface area contributed by atoms with Crippen LogP contribution in [0.3, 0.4) is 0 Å². The van der Waals surface area contributed by atoms with Gasteiger partial charge in [-0.05, 0) is 33.5 Å². The van der Waals surface area contributed by atoms with Crippen LogP contribution in [0, 0.1) is 0 Å². The van der Waals surface area contributed by atoms with E-state index in [2.05, 4.69) is 29.8 Å². The summed E-state index contributed by atoms with van der Waals surface area (Å²) in [5.74, 6) is 0.488. The molecule has 4 heteroatoms. The fourth-order valence-corrected chi connectivity index (χ4v) is 3.28. The van der Waals surface area contributed by atoms with Crippen molar-refractivity contribution >= 4 is 44.7 Å². The van der Waals surface area contributed by atoms with Crippen LogP contribution in [0.5, 0.6) is 0 Å². The first kappa shape index (κ1) is 13.8. The van der Waals surface area contributed by atoms with Crippen molar-refractivity contribution in [3.8, 4) is 0 Å². The molecule has 1 aromatic carbocycles. The zero-order valence-corrected chi connectivity index (χ0v) is 13.2. The normalized spacial score (nSPS) is 10.9. The van der Waals surface area contributed by atoms with E-state index in [0.29, 0.717) is 20.7 Å². The van der Waals surface area contributed by atoms with Gasteiger partial charge >= 0.3 is 0 Å². The van der Waals surface area contributed by atoms with E-state index in [1.165, 1.54) is 16.9 Å². The first-order valence-corrected chi connectivity index (χ1v) is 7.57. The molecule has 0 radical (unpaired) electrons. The summed E-state index contributed by atoms with van der Waals surface area (Å²) in [6, 6.07) is 9.52. The van der Waals surface area contributed by atoms with Crippen molar-refractivity contribution in [2.24, 2.45) is 0 Å². The monoisotopic (exact) mass is 342 g/mol. The molecule has 94 valence electrons. The molecule has 1 nitrogen and oxygen atoms in total. The number of carbonyl (C=O) groups is 1. The summed E-state index contributed by atoms with van der Waals surface area (Å²) in [6.07, 6.45) is 0. The third-order valence-corrected chi connectivity index (χ3v) is 5.18. The molecule has 1 aromatic heterocycles. The molecule has 0 aliphatic heterocycles. The van der Waals surface area contributed by atoms with E-state index in [4.69, 9.17) is 11.6 Å². The lowest BCUT2D eigenvalue weighted by molar-refractivity contribution is 0.104. The van der Waals surface area contributed by atoms with Gasteiger partial charge in [0.15, 0.2) is 0 Å². The van der Waals surface area contributed by atoms with Gasteiger partial charge in [-0.25, -0.2) is 0 Å². The van der Waals surface area contributed by atoms with Crippen LogP contribution in [0.15, 0.2) is 34.8 Å². The second kappa shape index (κ2) is 5.55. The largest absolute Gasteiger partial charge is 0.288 e. The summed E-state index contributed by atoms with van der Waals surface area (Å²) < 4.78 is 1.38. The minimum Gasteiger partial charge on any atom is -0.288 e. The SMILES string of the molecule is CC(C)c1ccc(C(=O)c2cc(Br)c(Cl)s2)cc1. The minimum atomic E-state index is 0.0166. The van der Waals surface area contributed by atoms with Gasteiger partial charge in [-0.2, -0.15) is 0 Å². The lowest BCUT2D eigenvalue weighted by Gasteiger charge is -2.05. The van der Waals surface area contributed by atoms with Gasteiger partial charge in [-0.3, -0.25) is 4.79 Å². The predicted octanol–water partition coefficient (Wildman–Crippen LogP) is 5.52. The molecule has 2 rings (SSSR count).